The van der Waals surface area contributed by atoms with Crippen LogP contribution in [0.25, 0.3) is 10.8 Å². The largest absolute Gasteiger partial charge is 0.489 e. The van der Waals surface area contributed by atoms with Crippen LogP contribution in [0.15, 0.2) is 54.7 Å². The van der Waals surface area contributed by atoms with E-state index in [4.69, 9.17) is 26.8 Å². The van der Waals surface area contributed by atoms with Gasteiger partial charge in [0, 0.05) is 17.1 Å². The summed E-state index contributed by atoms with van der Waals surface area (Å²) in [6.07, 6.45) is 8.57. The molecule has 1 heterocycles. The first kappa shape index (κ1) is 19.7. The van der Waals surface area contributed by atoms with Gasteiger partial charge in [0.05, 0.1) is 11.1 Å². The quantitative estimate of drug-likeness (QED) is 0.537. The van der Waals surface area contributed by atoms with E-state index in [0.29, 0.717) is 17.5 Å². The fraction of sp³-hybridized carbons (Fsp3) is 0.400. The first-order valence-corrected chi connectivity index (χ1v) is 11.2. The summed E-state index contributed by atoms with van der Waals surface area (Å²) in [5.41, 5.74) is 7.74. The third kappa shape index (κ3) is 4.12. The van der Waals surface area contributed by atoms with Crippen LogP contribution in [0.2, 0.25) is 5.02 Å². The van der Waals surface area contributed by atoms with E-state index in [1.807, 2.05) is 48.5 Å². The predicted molar refractivity (Wildman–Crippen MR) is 120 cm³/mol. The SMILES string of the molecule is N[C@]1(C2CC2)CC[C@@H](Oc2cc3ccnc(OCc4ccccc4)c3cc2Cl)CC1. The second-order valence-corrected chi connectivity index (χ2v) is 9.13. The number of fused-ring (bicyclic) bond motifs is 1. The fourth-order valence-corrected chi connectivity index (χ4v) is 4.78. The number of benzene rings is 2. The number of aromatic nitrogens is 1. The minimum absolute atomic E-state index is 0.0315. The van der Waals surface area contributed by atoms with Crippen molar-refractivity contribution in [1.82, 2.24) is 4.98 Å². The van der Waals surface area contributed by atoms with Gasteiger partial charge >= 0.3 is 0 Å². The summed E-state index contributed by atoms with van der Waals surface area (Å²) in [5.74, 6) is 2.04. The Morgan fingerprint density at radius 3 is 2.53 bits per heavy atom. The van der Waals surface area contributed by atoms with Crippen LogP contribution in [-0.2, 0) is 6.61 Å². The number of hydrogen-bond donors (Lipinski definition) is 1. The van der Waals surface area contributed by atoms with Crippen LogP contribution in [0.4, 0.5) is 0 Å². The monoisotopic (exact) mass is 422 g/mol. The second-order valence-electron chi connectivity index (χ2n) is 8.72. The lowest BCUT2D eigenvalue weighted by atomic mass is 9.78. The molecule has 4 nitrogen and oxygen atoms in total. The molecule has 5 heteroatoms. The van der Waals surface area contributed by atoms with E-state index in [1.165, 1.54) is 12.8 Å². The van der Waals surface area contributed by atoms with Crippen LogP contribution in [0.3, 0.4) is 0 Å². The zero-order valence-corrected chi connectivity index (χ0v) is 17.8. The van der Waals surface area contributed by atoms with Crippen molar-refractivity contribution in [2.24, 2.45) is 11.7 Å². The van der Waals surface area contributed by atoms with Gasteiger partial charge in [-0.25, -0.2) is 4.98 Å². The van der Waals surface area contributed by atoms with Crippen LogP contribution >= 0.6 is 11.6 Å². The van der Waals surface area contributed by atoms with Gasteiger partial charge in [-0.1, -0.05) is 41.9 Å². The molecular weight excluding hydrogens is 396 g/mol. The highest BCUT2D eigenvalue weighted by molar-refractivity contribution is 6.33. The number of rotatable bonds is 6. The van der Waals surface area contributed by atoms with E-state index >= 15 is 0 Å². The van der Waals surface area contributed by atoms with Gasteiger partial charge in [0.25, 0.3) is 0 Å². The highest BCUT2D eigenvalue weighted by Gasteiger charge is 2.44. The Kier molecular flexibility index (Phi) is 5.30. The van der Waals surface area contributed by atoms with Gasteiger partial charge in [0.1, 0.15) is 12.4 Å². The summed E-state index contributed by atoms with van der Waals surface area (Å²) in [6.45, 7) is 0.465. The van der Waals surface area contributed by atoms with Crippen molar-refractivity contribution in [2.75, 3.05) is 0 Å². The second kappa shape index (κ2) is 8.09. The molecule has 0 radical (unpaired) electrons. The Morgan fingerprint density at radius 2 is 1.80 bits per heavy atom. The lowest BCUT2D eigenvalue weighted by molar-refractivity contribution is 0.110. The van der Waals surface area contributed by atoms with E-state index < -0.39 is 0 Å². The van der Waals surface area contributed by atoms with Crippen LogP contribution in [0, 0.1) is 5.92 Å². The molecule has 0 aliphatic heterocycles. The summed E-state index contributed by atoms with van der Waals surface area (Å²) < 4.78 is 12.3. The molecule has 0 amide bonds. The van der Waals surface area contributed by atoms with Crippen LogP contribution in [0.1, 0.15) is 44.1 Å². The maximum absolute atomic E-state index is 6.61. The summed E-state index contributed by atoms with van der Waals surface area (Å²) in [7, 11) is 0. The molecule has 0 unspecified atom stereocenters. The molecule has 0 atom stereocenters. The van der Waals surface area contributed by atoms with Gasteiger partial charge in [0.15, 0.2) is 0 Å². The van der Waals surface area contributed by atoms with E-state index in [1.54, 1.807) is 6.20 Å². The van der Waals surface area contributed by atoms with Crippen LogP contribution in [0.5, 0.6) is 11.6 Å². The molecule has 0 bridgehead atoms. The van der Waals surface area contributed by atoms with Crippen molar-refractivity contribution in [1.29, 1.82) is 0 Å². The Labute approximate surface area is 182 Å². The van der Waals surface area contributed by atoms with Crippen molar-refractivity contribution in [3.63, 3.8) is 0 Å². The normalized spacial score (nSPS) is 24.0. The third-order valence-electron chi connectivity index (χ3n) is 6.55. The van der Waals surface area contributed by atoms with E-state index in [-0.39, 0.29) is 11.6 Å². The molecule has 2 saturated carbocycles. The topological polar surface area (TPSA) is 57.4 Å². The molecule has 0 spiro atoms. The summed E-state index contributed by atoms with van der Waals surface area (Å²) in [5, 5.41) is 2.49. The first-order chi connectivity index (χ1) is 14.6. The lowest BCUT2D eigenvalue weighted by Gasteiger charge is -2.37. The summed E-state index contributed by atoms with van der Waals surface area (Å²) in [6, 6.07) is 15.9. The van der Waals surface area contributed by atoms with Crippen molar-refractivity contribution < 1.29 is 9.47 Å². The standard InChI is InChI=1S/C25H27ClN2O2/c26-22-15-21-18(10-13-28-24(21)29-16-17-4-2-1-3-5-17)14-23(22)30-20-8-11-25(27,12-9-20)19-6-7-19/h1-5,10,13-15,19-20H,6-9,11-12,16,27H2/t20-,25-. The molecule has 0 saturated heterocycles. The van der Waals surface area contributed by atoms with Crippen molar-refractivity contribution in [3.05, 3.63) is 65.3 Å². The zero-order chi connectivity index (χ0) is 20.6. The number of pyridine rings is 1. The molecular formula is C25H27ClN2O2. The molecule has 2 aliphatic rings. The molecule has 30 heavy (non-hydrogen) atoms. The van der Waals surface area contributed by atoms with E-state index in [0.717, 1.165) is 53.7 Å². The van der Waals surface area contributed by atoms with E-state index in [2.05, 4.69) is 4.98 Å². The summed E-state index contributed by atoms with van der Waals surface area (Å²) in [4.78, 5) is 4.41. The molecule has 3 aromatic rings. The van der Waals surface area contributed by atoms with Gasteiger partial charge < -0.3 is 15.2 Å². The molecule has 2 N–H and O–H groups in total. The van der Waals surface area contributed by atoms with Gasteiger partial charge in [-0.2, -0.15) is 0 Å². The zero-order valence-electron chi connectivity index (χ0n) is 17.0. The number of nitrogens with zero attached hydrogens (tertiary/aromatic N) is 1. The van der Waals surface area contributed by atoms with Gasteiger partial charge in [-0.15, -0.1) is 0 Å². The van der Waals surface area contributed by atoms with Gasteiger partial charge in [-0.3, -0.25) is 0 Å². The number of halogens is 1. The molecule has 5 rings (SSSR count). The molecule has 2 aromatic carbocycles. The summed E-state index contributed by atoms with van der Waals surface area (Å²) >= 11 is 6.60. The number of nitrogens with two attached hydrogens (primary N) is 1. The molecule has 2 aliphatic carbocycles. The first-order valence-electron chi connectivity index (χ1n) is 10.8. The minimum atomic E-state index is 0.0315. The lowest BCUT2D eigenvalue weighted by Crippen LogP contribution is -2.47. The Bertz CT molecular complexity index is 1030. The Balaban J connectivity index is 1.30. The molecule has 2 fully saturated rings. The Hall–Kier alpha value is -2.30. The smallest absolute Gasteiger partial charge is 0.221 e. The fourth-order valence-electron chi connectivity index (χ4n) is 4.57. The van der Waals surface area contributed by atoms with Gasteiger partial charge in [-0.05, 0) is 73.6 Å². The van der Waals surface area contributed by atoms with Gasteiger partial charge in [0.2, 0.25) is 5.88 Å². The average Bonchev–Trinajstić information content (AvgIpc) is 3.61. The molecule has 1 aromatic heterocycles. The van der Waals surface area contributed by atoms with Crippen LogP contribution < -0.4 is 15.2 Å². The third-order valence-corrected chi connectivity index (χ3v) is 6.84. The van der Waals surface area contributed by atoms with Crippen molar-refractivity contribution >= 4 is 22.4 Å². The number of ether oxygens (including phenoxy) is 2. The average molecular weight is 423 g/mol. The minimum Gasteiger partial charge on any atom is -0.489 e. The number of hydrogen-bond acceptors (Lipinski definition) is 4. The van der Waals surface area contributed by atoms with Crippen molar-refractivity contribution in [2.45, 2.75) is 56.8 Å². The highest BCUT2D eigenvalue weighted by atomic mass is 35.5. The van der Waals surface area contributed by atoms with Crippen LogP contribution in [-0.4, -0.2) is 16.6 Å². The maximum Gasteiger partial charge on any atom is 0.221 e. The predicted octanol–water partition coefficient (Wildman–Crippen LogP) is 5.90. The van der Waals surface area contributed by atoms with Crippen molar-refractivity contribution in [3.8, 4) is 11.6 Å². The maximum atomic E-state index is 6.61. The Morgan fingerprint density at radius 1 is 1.03 bits per heavy atom. The van der Waals surface area contributed by atoms with E-state index in [9.17, 15) is 0 Å². The molecule has 156 valence electrons. The highest BCUT2D eigenvalue weighted by Crippen LogP contribution is 2.46.